The molecule has 0 spiro atoms. The van der Waals surface area contributed by atoms with Gasteiger partial charge in [-0.25, -0.2) is 4.98 Å². The largest absolute Gasteiger partial charge is 0.486 e. The number of amides is 2. The summed E-state index contributed by atoms with van der Waals surface area (Å²) in [7, 11) is 0. The Bertz CT molecular complexity index is 983. The molecule has 1 aliphatic rings. The van der Waals surface area contributed by atoms with Crippen LogP contribution in [0.3, 0.4) is 0 Å². The summed E-state index contributed by atoms with van der Waals surface area (Å²) in [6.45, 7) is 1.26. The lowest BCUT2D eigenvalue weighted by molar-refractivity contribution is -0.116. The Morgan fingerprint density at radius 1 is 1.14 bits per heavy atom. The number of rotatable bonds is 6. The van der Waals surface area contributed by atoms with E-state index in [0.29, 0.717) is 24.1 Å². The van der Waals surface area contributed by atoms with Crippen LogP contribution in [0.5, 0.6) is 11.5 Å². The number of aromatic nitrogens is 1. The fraction of sp³-hybridized carbons (Fsp3) is 0.211. The van der Waals surface area contributed by atoms with E-state index in [9.17, 15) is 9.59 Å². The lowest BCUT2D eigenvalue weighted by Crippen LogP contribution is -2.27. The zero-order chi connectivity index (χ0) is 19.3. The summed E-state index contributed by atoms with van der Waals surface area (Å²) in [4.78, 5) is 28.2. The van der Waals surface area contributed by atoms with Gasteiger partial charge in [-0.1, -0.05) is 0 Å². The van der Waals surface area contributed by atoms with Gasteiger partial charge in [0, 0.05) is 23.9 Å². The lowest BCUT2D eigenvalue weighted by Gasteiger charge is -2.18. The van der Waals surface area contributed by atoms with E-state index < -0.39 is 0 Å². The molecule has 0 bridgehead atoms. The first-order valence-corrected chi connectivity index (χ1v) is 9.54. The van der Waals surface area contributed by atoms with Gasteiger partial charge in [0.15, 0.2) is 22.4 Å². The molecular formula is C19H17N3O5S. The number of carbonyl (C=O) groups excluding carboxylic acids is 2. The minimum atomic E-state index is -0.354. The number of nitrogens with zero attached hydrogens (tertiary/aromatic N) is 1. The van der Waals surface area contributed by atoms with Gasteiger partial charge >= 0.3 is 0 Å². The zero-order valence-electron chi connectivity index (χ0n) is 14.8. The van der Waals surface area contributed by atoms with Gasteiger partial charge in [0.05, 0.1) is 12.0 Å². The van der Waals surface area contributed by atoms with E-state index in [1.54, 1.807) is 12.1 Å². The quantitative estimate of drug-likeness (QED) is 0.661. The van der Waals surface area contributed by atoms with Crippen LogP contribution in [-0.4, -0.2) is 36.6 Å². The topological polar surface area (TPSA) is 103 Å². The van der Waals surface area contributed by atoms with Crippen LogP contribution in [0.2, 0.25) is 0 Å². The molecule has 2 N–H and O–H groups in total. The number of benzene rings is 1. The average molecular weight is 399 g/mol. The monoisotopic (exact) mass is 399 g/mol. The number of hydrogen-bond acceptors (Lipinski definition) is 7. The van der Waals surface area contributed by atoms with Crippen molar-refractivity contribution in [2.45, 2.75) is 6.42 Å². The molecule has 0 radical (unpaired) electrons. The SMILES string of the molecule is O=C(CCNC(=O)c1ccco1)Nc1nc(-c2ccc3c(c2)OCCO3)cs1. The summed E-state index contributed by atoms with van der Waals surface area (Å²) in [6.07, 6.45) is 1.55. The Morgan fingerprint density at radius 3 is 2.82 bits per heavy atom. The van der Waals surface area contributed by atoms with Crippen LogP contribution in [0.15, 0.2) is 46.4 Å². The molecule has 0 unspecified atom stereocenters. The van der Waals surface area contributed by atoms with Crippen molar-refractivity contribution in [1.29, 1.82) is 0 Å². The molecular weight excluding hydrogens is 382 g/mol. The van der Waals surface area contributed by atoms with Crippen molar-refractivity contribution in [3.8, 4) is 22.8 Å². The van der Waals surface area contributed by atoms with Gasteiger partial charge in [-0.2, -0.15) is 0 Å². The van der Waals surface area contributed by atoms with Crippen molar-refractivity contribution >= 4 is 28.3 Å². The van der Waals surface area contributed by atoms with Crippen molar-refractivity contribution in [3.05, 3.63) is 47.7 Å². The second-order valence-corrected chi connectivity index (χ2v) is 6.79. The molecule has 2 aromatic heterocycles. The van der Waals surface area contributed by atoms with E-state index in [1.165, 1.54) is 17.6 Å². The summed E-state index contributed by atoms with van der Waals surface area (Å²) in [5.74, 6) is 1.03. The number of anilines is 1. The number of fused-ring (bicyclic) bond motifs is 1. The van der Waals surface area contributed by atoms with Crippen LogP contribution in [0, 0.1) is 0 Å². The van der Waals surface area contributed by atoms with E-state index in [0.717, 1.165) is 17.0 Å². The molecule has 9 heteroatoms. The number of carbonyl (C=O) groups is 2. The van der Waals surface area contributed by atoms with Crippen molar-refractivity contribution < 1.29 is 23.5 Å². The Balaban J connectivity index is 1.30. The van der Waals surface area contributed by atoms with Crippen molar-refractivity contribution in [2.75, 3.05) is 25.1 Å². The summed E-state index contributed by atoms with van der Waals surface area (Å²) in [5, 5.41) is 7.72. The van der Waals surface area contributed by atoms with Crippen LogP contribution in [-0.2, 0) is 4.79 Å². The first-order chi connectivity index (χ1) is 13.7. The third kappa shape index (κ3) is 4.15. The second kappa shape index (κ2) is 8.13. The van der Waals surface area contributed by atoms with E-state index in [4.69, 9.17) is 13.9 Å². The van der Waals surface area contributed by atoms with E-state index >= 15 is 0 Å². The fourth-order valence-electron chi connectivity index (χ4n) is 2.63. The summed E-state index contributed by atoms with van der Waals surface area (Å²) in [5.41, 5.74) is 1.62. The van der Waals surface area contributed by atoms with Crippen molar-refractivity contribution in [2.24, 2.45) is 0 Å². The molecule has 0 aliphatic carbocycles. The number of hydrogen-bond donors (Lipinski definition) is 2. The molecule has 0 saturated heterocycles. The van der Waals surface area contributed by atoms with Gasteiger partial charge in [0.2, 0.25) is 5.91 Å². The Morgan fingerprint density at radius 2 is 2.00 bits per heavy atom. The van der Waals surface area contributed by atoms with Crippen LogP contribution in [0.25, 0.3) is 11.3 Å². The Hall–Kier alpha value is -3.33. The second-order valence-electron chi connectivity index (χ2n) is 5.93. The Kier molecular flexibility index (Phi) is 5.24. The highest BCUT2D eigenvalue weighted by Crippen LogP contribution is 2.35. The first kappa shape index (κ1) is 18.1. The van der Waals surface area contributed by atoms with Gasteiger partial charge in [0.1, 0.15) is 13.2 Å². The van der Waals surface area contributed by atoms with Crippen LogP contribution in [0.1, 0.15) is 17.0 Å². The van der Waals surface area contributed by atoms with Crippen LogP contribution < -0.4 is 20.1 Å². The number of ether oxygens (including phenoxy) is 2. The average Bonchev–Trinajstić information content (AvgIpc) is 3.40. The molecule has 1 aromatic carbocycles. The highest BCUT2D eigenvalue weighted by atomic mass is 32.1. The van der Waals surface area contributed by atoms with Gasteiger partial charge in [-0.15, -0.1) is 11.3 Å². The highest BCUT2D eigenvalue weighted by Gasteiger charge is 2.15. The molecule has 0 fully saturated rings. The predicted molar refractivity (Wildman–Crippen MR) is 103 cm³/mol. The molecule has 0 atom stereocenters. The predicted octanol–water partition coefficient (Wildman–Crippen LogP) is 2.93. The molecule has 8 nitrogen and oxygen atoms in total. The van der Waals surface area contributed by atoms with E-state index in [2.05, 4.69) is 15.6 Å². The number of furan rings is 1. The molecule has 2 amide bonds. The normalized spacial score (nSPS) is 12.4. The third-order valence-corrected chi connectivity index (χ3v) is 4.73. The smallest absolute Gasteiger partial charge is 0.286 e. The van der Waals surface area contributed by atoms with E-state index in [1.807, 2.05) is 23.6 Å². The van der Waals surface area contributed by atoms with Crippen LogP contribution in [0.4, 0.5) is 5.13 Å². The zero-order valence-corrected chi connectivity index (χ0v) is 15.6. The maximum atomic E-state index is 12.1. The van der Waals surface area contributed by atoms with Gasteiger partial charge in [0.25, 0.3) is 5.91 Å². The number of thiazole rings is 1. The summed E-state index contributed by atoms with van der Waals surface area (Å²) < 4.78 is 16.1. The molecule has 0 saturated carbocycles. The summed E-state index contributed by atoms with van der Waals surface area (Å²) in [6, 6.07) is 8.81. The van der Waals surface area contributed by atoms with Crippen molar-refractivity contribution in [1.82, 2.24) is 10.3 Å². The highest BCUT2D eigenvalue weighted by molar-refractivity contribution is 7.14. The molecule has 144 valence electrons. The number of nitrogens with one attached hydrogen (secondary N) is 2. The molecule has 4 rings (SSSR count). The van der Waals surface area contributed by atoms with E-state index in [-0.39, 0.29) is 30.5 Å². The minimum Gasteiger partial charge on any atom is -0.486 e. The van der Waals surface area contributed by atoms with Gasteiger partial charge in [-0.3, -0.25) is 9.59 Å². The maximum Gasteiger partial charge on any atom is 0.286 e. The Labute approximate surface area is 164 Å². The summed E-state index contributed by atoms with van der Waals surface area (Å²) >= 11 is 1.33. The molecule has 1 aliphatic heterocycles. The van der Waals surface area contributed by atoms with Crippen molar-refractivity contribution in [3.63, 3.8) is 0 Å². The first-order valence-electron chi connectivity index (χ1n) is 8.66. The third-order valence-electron chi connectivity index (χ3n) is 3.97. The standard InChI is InChI=1S/C19H17N3O5S/c23-17(5-6-20-18(24)15-2-1-7-25-15)22-19-21-13(11-28-19)12-3-4-14-16(10-12)27-9-8-26-14/h1-4,7,10-11H,5-6,8-9H2,(H,20,24)(H,21,22,23). The lowest BCUT2D eigenvalue weighted by atomic mass is 10.1. The minimum absolute atomic E-state index is 0.130. The molecule has 3 aromatic rings. The molecule has 3 heterocycles. The fourth-order valence-corrected chi connectivity index (χ4v) is 3.37. The molecule has 28 heavy (non-hydrogen) atoms. The maximum absolute atomic E-state index is 12.1. The van der Waals surface area contributed by atoms with Crippen LogP contribution >= 0.6 is 11.3 Å². The van der Waals surface area contributed by atoms with Gasteiger partial charge in [-0.05, 0) is 30.3 Å². The van der Waals surface area contributed by atoms with Gasteiger partial charge < -0.3 is 24.5 Å².